The number of hydrogen-bond donors (Lipinski definition) is 1. The van der Waals surface area contributed by atoms with Crippen molar-refractivity contribution in [2.24, 2.45) is 5.16 Å². The molecule has 0 saturated carbocycles. The Bertz CT molecular complexity index is 743. The number of nitrogens with zero attached hydrogens (tertiary/aromatic N) is 1. The van der Waals surface area contributed by atoms with Crippen LogP contribution in [0.25, 0.3) is 0 Å². The maximum absolute atomic E-state index is 12.5. The topological polar surface area (TPSA) is 50.7 Å². The van der Waals surface area contributed by atoms with Crippen molar-refractivity contribution in [2.45, 2.75) is 33.3 Å². The van der Waals surface area contributed by atoms with Gasteiger partial charge in [-0.05, 0) is 37.5 Å². The zero-order valence-corrected chi connectivity index (χ0v) is 13.6. The van der Waals surface area contributed by atoms with Gasteiger partial charge in [0.1, 0.15) is 5.71 Å². The summed E-state index contributed by atoms with van der Waals surface area (Å²) >= 11 is 0. The highest BCUT2D eigenvalue weighted by Gasteiger charge is 2.27. The molecule has 0 bridgehead atoms. The third-order valence-corrected chi connectivity index (χ3v) is 4.02. The fraction of sp³-hybridized carbons (Fsp3) is 0.263. The van der Waals surface area contributed by atoms with E-state index in [-0.39, 0.29) is 12.0 Å². The largest absolute Gasteiger partial charge is 0.387 e. The Kier molecular flexibility index (Phi) is 4.15. The van der Waals surface area contributed by atoms with Crippen molar-refractivity contribution in [3.05, 3.63) is 64.7 Å². The maximum atomic E-state index is 12.5. The van der Waals surface area contributed by atoms with Crippen LogP contribution in [0.5, 0.6) is 0 Å². The molecule has 2 aromatic carbocycles. The highest BCUT2D eigenvalue weighted by atomic mass is 16.6. The van der Waals surface area contributed by atoms with E-state index in [4.69, 9.17) is 4.84 Å². The van der Waals surface area contributed by atoms with Crippen LogP contribution in [0, 0.1) is 20.8 Å². The lowest BCUT2D eigenvalue weighted by Gasteiger charge is -2.12. The molecule has 0 aliphatic carbocycles. The van der Waals surface area contributed by atoms with Gasteiger partial charge in [-0.25, -0.2) is 0 Å². The summed E-state index contributed by atoms with van der Waals surface area (Å²) in [4.78, 5) is 17.9. The molecule has 4 heteroatoms. The summed E-state index contributed by atoms with van der Waals surface area (Å²) in [7, 11) is 0. The van der Waals surface area contributed by atoms with E-state index < -0.39 is 0 Å². The molecule has 1 amide bonds. The maximum Gasteiger partial charge on any atom is 0.273 e. The highest BCUT2D eigenvalue weighted by molar-refractivity contribution is 6.43. The minimum atomic E-state index is -0.196. The van der Waals surface area contributed by atoms with E-state index in [9.17, 15) is 4.79 Å². The van der Waals surface area contributed by atoms with Crippen LogP contribution >= 0.6 is 0 Å². The summed E-state index contributed by atoms with van der Waals surface area (Å²) in [5.41, 5.74) is 5.60. The Morgan fingerprint density at radius 1 is 1.13 bits per heavy atom. The van der Waals surface area contributed by atoms with E-state index in [1.807, 2.05) is 51.1 Å². The predicted octanol–water partition coefficient (Wildman–Crippen LogP) is 4.07. The average Bonchev–Trinajstić information content (AvgIpc) is 3.01. The zero-order chi connectivity index (χ0) is 16.4. The van der Waals surface area contributed by atoms with Crippen LogP contribution in [0.4, 0.5) is 5.69 Å². The fourth-order valence-electron chi connectivity index (χ4n) is 2.92. The van der Waals surface area contributed by atoms with Gasteiger partial charge in [0.05, 0.1) is 0 Å². The zero-order valence-electron chi connectivity index (χ0n) is 13.6. The number of benzene rings is 2. The van der Waals surface area contributed by atoms with Gasteiger partial charge in [-0.1, -0.05) is 53.2 Å². The number of aryl methyl sites for hydroxylation is 3. The van der Waals surface area contributed by atoms with E-state index in [2.05, 4.69) is 22.6 Å². The van der Waals surface area contributed by atoms with Gasteiger partial charge in [-0.15, -0.1) is 0 Å². The monoisotopic (exact) mass is 308 g/mol. The highest BCUT2D eigenvalue weighted by Crippen LogP contribution is 2.28. The number of rotatable bonds is 3. The van der Waals surface area contributed by atoms with Crippen molar-refractivity contribution in [2.75, 3.05) is 5.32 Å². The van der Waals surface area contributed by atoms with Crippen LogP contribution < -0.4 is 5.32 Å². The fourth-order valence-corrected chi connectivity index (χ4v) is 2.92. The van der Waals surface area contributed by atoms with E-state index in [0.29, 0.717) is 12.1 Å². The number of carbonyl (C=O) groups is 1. The summed E-state index contributed by atoms with van der Waals surface area (Å²) in [6.07, 6.45) is 0.303. The lowest BCUT2D eigenvalue weighted by atomic mass is 10.0. The van der Waals surface area contributed by atoms with Gasteiger partial charge in [0.15, 0.2) is 6.10 Å². The first-order chi connectivity index (χ1) is 11.0. The van der Waals surface area contributed by atoms with E-state index >= 15 is 0 Å². The molecule has 0 aromatic heterocycles. The molecule has 118 valence electrons. The second-order valence-corrected chi connectivity index (χ2v) is 5.97. The van der Waals surface area contributed by atoms with Crippen molar-refractivity contribution >= 4 is 17.3 Å². The molecule has 1 aliphatic rings. The van der Waals surface area contributed by atoms with Crippen LogP contribution in [-0.2, 0) is 9.63 Å². The number of hydrogen-bond acceptors (Lipinski definition) is 3. The molecule has 4 nitrogen and oxygen atoms in total. The molecule has 0 saturated heterocycles. The second-order valence-electron chi connectivity index (χ2n) is 5.97. The van der Waals surface area contributed by atoms with Gasteiger partial charge in [0, 0.05) is 12.1 Å². The molecule has 1 heterocycles. The molecule has 23 heavy (non-hydrogen) atoms. The minimum absolute atomic E-state index is 0.183. The first-order valence-corrected chi connectivity index (χ1v) is 7.71. The Labute approximate surface area is 136 Å². The summed E-state index contributed by atoms with van der Waals surface area (Å²) in [5, 5.41) is 6.94. The molecule has 1 aliphatic heterocycles. The van der Waals surface area contributed by atoms with Gasteiger partial charge >= 0.3 is 0 Å². The van der Waals surface area contributed by atoms with Crippen molar-refractivity contribution in [3.63, 3.8) is 0 Å². The van der Waals surface area contributed by atoms with Crippen LogP contribution in [0.2, 0.25) is 0 Å². The number of anilines is 1. The smallest absolute Gasteiger partial charge is 0.273 e. The Morgan fingerprint density at radius 3 is 2.43 bits per heavy atom. The summed E-state index contributed by atoms with van der Waals surface area (Å²) in [6.45, 7) is 6.04. The molecular formula is C19H20N2O2. The van der Waals surface area contributed by atoms with Gasteiger partial charge in [0.25, 0.3) is 5.91 Å². The van der Waals surface area contributed by atoms with Gasteiger partial charge in [-0.3, -0.25) is 4.79 Å². The summed E-state index contributed by atoms with van der Waals surface area (Å²) < 4.78 is 0. The number of nitrogens with one attached hydrogen (secondary N) is 1. The normalized spacial score (nSPS) is 16.7. The molecular weight excluding hydrogens is 288 g/mol. The summed E-state index contributed by atoms with van der Waals surface area (Å²) in [6, 6.07) is 13.9. The van der Waals surface area contributed by atoms with Gasteiger partial charge in [0.2, 0.25) is 0 Å². The first kappa shape index (κ1) is 15.3. The van der Waals surface area contributed by atoms with Crippen molar-refractivity contribution in [3.8, 4) is 0 Å². The number of carbonyl (C=O) groups excluding carboxylic acids is 1. The van der Waals surface area contributed by atoms with Crippen molar-refractivity contribution in [1.82, 2.24) is 0 Å². The van der Waals surface area contributed by atoms with Crippen LogP contribution in [0.1, 0.15) is 34.8 Å². The Hall–Kier alpha value is -2.62. The third kappa shape index (κ3) is 3.26. The van der Waals surface area contributed by atoms with Crippen LogP contribution in [-0.4, -0.2) is 11.6 Å². The predicted molar refractivity (Wildman–Crippen MR) is 91.6 cm³/mol. The standard InChI is InChI=1S/C19H20N2O2/c1-12-9-13(2)18(14(3)10-12)20-19(22)16-11-17(23-21-16)15-7-5-4-6-8-15/h4-10,17H,11H2,1-3H3,(H,20,22)/t17-/m0/s1. The minimum Gasteiger partial charge on any atom is -0.387 e. The van der Waals surface area contributed by atoms with Gasteiger partial charge in [-0.2, -0.15) is 0 Å². The SMILES string of the molecule is Cc1cc(C)c(NC(=O)C2=NO[C@H](c3ccccc3)C2)c(C)c1. The molecule has 1 atom stereocenters. The second kappa shape index (κ2) is 6.24. The van der Waals surface area contributed by atoms with E-state index in [1.165, 1.54) is 5.56 Å². The number of amides is 1. The lowest BCUT2D eigenvalue weighted by Crippen LogP contribution is -2.23. The Balaban J connectivity index is 1.71. The first-order valence-electron chi connectivity index (χ1n) is 7.71. The molecule has 3 rings (SSSR count). The van der Waals surface area contributed by atoms with Crippen LogP contribution in [0.3, 0.4) is 0 Å². The quantitative estimate of drug-likeness (QED) is 0.929. The molecule has 0 unspecified atom stereocenters. The Morgan fingerprint density at radius 2 is 1.78 bits per heavy atom. The number of oxime groups is 1. The van der Waals surface area contributed by atoms with E-state index in [0.717, 1.165) is 22.4 Å². The molecule has 1 N–H and O–H groups in total. The molecule has 0 spiro atoms. The lowest BCUT2D eigenvalue weighted by molar-refractivity contribution is -0.110. The third-order valence-electron chi connectivity index (χ3n) is 4.02. The van der Waals surface area contributed by atoms with Gasteiger partial charge < -0.3 is 10.2 Å². The van der Waals surface area contributed by atoms with Crippen molar-refractivity contribution < 1.29 is 9.63 Å². The van der Waals surface area contributed by atoms with Crippen molar-refractivity contribution in [1.29, 1.82) is 0 Å². The average molecular weight is 308 g/mol. The van der Waals surface area contributed by atoms with Crippen LogP contribution in [0.15, 0.2) is 47.6 Å². The molecule has 2 aromatic rings. The molecule has 0 fully saturated rings. The van der Waals surface area contributed by atoms with E-state index in [1.54, 1.807) is 0 Å². The summed E-state index contributed by atoms with van der Waals surface area (Å²) in [5.74, 6) is -0.196. The molecule has 0 radical (unpaired) electrons.